The van der Waals surface area contributed by atoms with E-state index in [0.717, 1.165) is 22.5 Å². The number of aliphatic hydroxyl groups is 2. The number of nitrogens with one attached hydrogen (secondary N) is 1. The van der Waals surface area contributed by atoms with Crippen LogP contribution in [0.15, 0.2) is 0 Å². The molecule has 0 aliphatic carbocycles. The SMILES string of the molecule is OC[C@H]1Cc2c(Cl)nc3c(c2N1)CN(CO)C3. The zero-order valence-corrected chi connectivity index (χ0v) is 10.0. The number of rotatable bonds is 2. The van der Waals surface area contributed by atoms with E-state index in [1.165, 1.54) is 0 Å². The van der Waals surface area contributed by atoms with Crippen molar-refractivity contribution in [2.75, 3.05) is 18.7 Å². The fraction of sp³-hybridized carbons (Fsp3) is 0.545. The normalized spacial score (nSPS) is 22.4. The van der Waals surface area contributed by atoms with Crippen LogP contribution in [-0.2, 0) is 19.5 Å². The lowest BCUT2D eigenvalue weighted by molar-refractivity contribution is 0.105. The van der Waals surface area contributed by atoms with Crippen molar-refractivity contribution in [1.82, 2.24) is 9.88 Å². The van der Waals surface area contributed by atoms with E-state index in [4.69, 9.17) is 16.7 Å². The molecule has 3 heterocycles. The summed E-state index contributed by atoms with van der Waals surface area (Å²) in [5, 5.41) is 22.2. The van der Waals surface area contributed by atoms with E-state index in [1.54, 1.807) is 0 Å². The predicted octanol–water partition coefficient (Wildman–Crippen LogP) is 0.329. The lowest BCUT2D eigenvalue weighted by Gasteiger charge is -2.11. The molecular formula is C11H14ClN3O2. The van der Waals surface area contributed by atoms with Gasteiger partial charge in [-0.2, -0.15) is 0 Å². The van der Waals surface area contributed by atoms with Gasteiger partial charge in [-0.3, -0.25) is 4.90 Å². The second-order valence-corrected chi connectivity index (χ2v) is 4.90. The van der Waals surface area contributed by atoms with E-state index in [9.17, 15) is 5.11 Å². The molecule has 0 amide bonds. The molecule has 6 heteroatoms. The van der Waals surface area contributed by atoms with Gasteiger partial charge in [0.25, 0.3) is 0 Å². The van der Waals surface area contributed by atoms with Crippen molar-refractivity contribution >= 4 is 17.3 Å². The van der Waals surface area contributed by atoms with E-state index in [2.05, 4.69) is 10.3 Å². The molecule has 1 aromatic heterocycles. The van der Waals surface area contributed by atoms with E-state index in [0.29, 0.717) is 24.7 Å². The first-order valence-electron chi connectivity index (χ1n) is 5.63. The molecule has 2 aliphatic heterocycles. The second kappa shape index (κ2) is 4.10. The molecule has 0 unspecified atom stereocenters. The topological polar surface area (TPSA) is 68.6 Å². The fourth-order valence-corrected chi connectivity index (χ4v) is 2.82. The van der Waals surface area contributed by atoms with Crippen molar-refractivity contribution in [3.05, 3.63) is 22.0 Å². The van der Waals surface area contributed by atoms with Crippen LogP contribution in [0.5, 0.6) is 0 Å². The maximum atomic E-state index is 9.20. The zero-order valence-electron chi connectivity index (χ0n) is 9.28. The number of halogens is 1. The number of nitrogens with zero attached hydrogens (tertiary/aromatic N) is 2. The predicted molar refractivity (Wildman–Crippen MR) is 63.8 cm³/mol. The Bertz CT molecular complexity index is 467. The Kier molecular flexibility index (Phi) is 2.71. The summed E-state index contributed by atoms with van der Waals surface area (Å²) in [6, 6.07) is 0.0268. The Hall–Kier alpha value is -0.880. The molecule has 17 heavy (non-hydrogen) atoms. The third-order valence-corrected chi connectivity index (χ3v) is 3.72. The molecule has 2 aliphatic rings. The lowest BCUT2D eigenvalue weighted by Crippen LogP contribution is -2.20. The first kappa shape index (κ1) is 11.2. The Labute approximate surface area is 104 Å². The first-order chi connectivity index (χ1) is 8.22. The number of aliphatic hydroxyl groups excluding tert-OH is 2. The smallest absolute Gasteiger partial charge is 0.134 e. The van der Waals surface area contributed by atoms with Crippen LogP contribution in [0.2, 0.25) is 5.15 Å². The largest absolute Gasteiger partial charge is 0.394 e. The molecular weight excluding hydrogens is 242 g/mol. The van der Waals surface area contributed by atoms with Crippen molar-refractivity contribution in [2.45, 2.75) is 25.6 Å². The minimum atomic E-state index is 0.0200. The highest BCUT2D eigenvalue weighted by atomic mass is 35.5. The maximum absolute atomic E-state index is 9.20. The minimum absolute atomic E-state index is 0.0200. The molecule has 0 spiro atoms. The summed E-state index contributed by atoms with van der Waals surface area (Å²) in [6.45, 7) is 1.42. The number of pyridine rings is 1. The summed E-state index contributed by atoms with van der Waals surface area (Å²) in [7, 11) is 0. The number of fused-ring (bicyclic) bond motifs is 3. The highest BCUT2D eigenvalue weighted by Gasteiger charge is 2.31. The summed E-state index contributed by atoms with van der Waals surface area (Å²) in [5.74, 6) is 0. The summed E-state index contributed by atoms with van der Waals surface area (Å²) in [4.78, 5) is 6.27. The lowest BCUT2D eigenvalue weighted by atomic mass is 10.1. The van der Waals surface area contributed by atoms with Crippen LogP contribution in [0.3, 0.4) is 0 Å². The third kappa shape index (κ3) is 1.70. The summed E-state index contributed by atoms with van der Waals surface area (Å²) in [5.41, 5.74) is 4.03. The van der Waals surface area contributed by atoms with Gasteiger partial charge in [0, 0.05) is 29.9 Å². The van der Waals surface area contributed by atoms with Crippen molar-refractivity contribution in [3.8, 4) is 0 Å². The molecule has 0 saturated heterocycles. The van der Waals surface area contributed by atoms with Gasteiger partial charge < -0.3 is 15.5 Å². The molecule has 0 aromatic carbocycles. The third-order valence-electron chi connectivity index (χ3n) is 3.41. The van der Waals surface area contributed by atoms with Crippen molar-refractivity contribution in [3.63, 3.8) is 0 Å². The average molecular weight is 256 g/mol. The van der Waals surface area contributed by atoms with E-state index in [1.807, 2.05) is 4.90 Å². The number of hydrogen-bond acceptors (Lipinski definition) is 5. The Balaban J connectivity index is 2.03. The van der Waals surface area contributed by atoms with Gasteiger partial charge in [0.2, 0.25) is 0 Å². The summed E-state index contributed by atoms with van der Waals surface area (Å²) >= 11 is 6.15. The first-order valence-corrected chi connectivity index (χ1v) is 6.01. The molecule has 0 bridgehead atoms. The number of anilines is 1. The van der Waals surface area contributed by atoms with Crippen LogP contribution in [0, 0.1) is 0 Å². The molecule has 0 saturated carbocycles. The fourth-order valence-electron chi connectivity index (χ4n) is 2.55. The molecule has 1 aromatic rings. The van der Waals surface area contributed by atoms with Gasteiger partial charge in [0.15, 0.2) is 0 Å². The molecule has 0 fully saturated rings. The Morgan fingerprint density at radius 2 is 2.18 bits per heavy atom. The highest BCUT2D eigenvalue weighted by Crippen LogP contribution is 2.38. The Morgan fingerprint density at radius 1 is 1.35 bits per heavy atom. The van der Waals surface area contributed by atoms with Gasteiger partial charge in [0.1, 0.15) is 5.15 Å². The summed E-state index contributed by atoms with van der Waals surface area (Å²) in [6.07, 6.45) is 0.712. The number of aromatic nitrogens is 1. The van der Waals surface area contributed by atoms with Crippen LogP contribution in [0.4, 0.5) is 5.69 Å². The second-order valence-electron chi connectivity index (χ2n) is 4.54. The summed E-state index contributed by atoms with van der Waals surface area (Å²) < 4.78 is 0. The monoisotopic (exact) mass is 255 g/mol. The van der Waals surface area contributed by atoms with Crippen LogP contribution >= 0.6 is 11.6 Å². The zero-order chi connectivity index (χ0) is 12.0. The van der Waals surface area contributed by atoms with Crippen LogP contribution < -0.4 is 5.32 Å². The maximum Gasteiger partial charge on any atom is 0.134 e. The van der Waals surface area contributed by atoms with Gasteiger partial charge in [-0.1, -0.05) is 11.6 Å². The Morgan fingerprint density at radius 3 is 2.88 bits per heavy atom. The van der Waals surface area contributed by atoms with Gasteiger partial charge in [-0.05, 0) is 6.42 Å². The molecule has 3 N–H and O–H groups in total. The molecule has 0 radical (unpaired) electrons. The minimum Gasteiger partial charge on any atom is -0.394 e. The van der Waals surface area contributed by atoms with Crippen LogP contribution in [-0.4, -0.2) is 39.5 Å². The highest BCUT2D eigenvalue weighted by molar-refractivity contribution is 6.30. The van der Waals surface area contributed by atoms with Crippen molar-refractivity contribution in [1.29, 1.82) is 0 Å². The van der Waals surface area contributed by atoms with Gasteiger partial charge in [-0.25, -0.2) is 4.98 Å². The van der Waals surface area contributed by atoms with Crippen molar-refractivity contribution < 1.29 is 10.2 Å². The van der Waals surface area contributed by atoms with Crippen LogP contribution in [0.1, 0.15) is 16.8 Å². The number of hydrogen-bond donors (Lipinski definition) is 3. The molecule has 5 nitrogen and oxygen atoms in total. The average Bonchev–Trinajstić information content (AvgIpc) is 2.91. The van der Waals surface area contributed by atoms with Gasteiger partial charge in [0.05, 0.1) is 25.1 Å². The quantitative estimate of drug-likeness (QED) is 0.665. The molecule has 92 valence electrons. The van der Waals surface area contributed by atoms with E-state index >= 15 is 0 Å². The van der Waals surface area contributed by atoms with Gasteiger partial charge in [-0.15, -0.1) is 0 Å². The van der Waals surface area contributed by atoms with Crippen LogP contribution in [0.25, 0.3) is 0 Å². The van der Waals surface area contributed by atoms with Crippen molar-refractivity contribution in [2.24, 2.45) is 0 Å². The van der Waals surface area contributed by atoms with E-state index < -0.39 is 0 Å². The molecule has 3 rings (SSSR count). The van der Waals surface area contributed by atoms with Gasteiger partial charge >= 0.3 is 0 Å². The molecule has 1 atom stereocenters. The standard InChI is InChI=1S/C11H14ClN3O2/c12-11-7-1-6(4-16)13-10(7)8-2-15(5-17)3-9(8)14-11/h6,13,16-17H,1-5H2/t6-/m1/s1. The van der Waals surface area contributed by atoms with E-state index in [-0.39, 0.29) is 19.4 Å².